The molecule has 1 heterocycles. The van der Waals surface area contributed by atoms with E-state index in [1.807, 2.05) is 0 Å². The quantitative estimate of drug-likeness (QED) is 0.183. The molecule has 0 saturated heterocycles. The molecule has 10 heteroatoms. The van der Waals surface area contributed by atoms with Crippen molar-refractivity contribution in [2.24, 2.45) is 11.8 Å². The molecule has 41 heavy (non-hydrogen) atoms. The molecule has 10 nitrogen and oxygen atoms in total. The van der Waals surface area contributed by atoms with Gasteiger partial charge in [-0.1, -0.05) is 85.1 Å². The van der Waals surface area contributed by atoms with E-state index in [0.717, 1.165) is 43.1 Å². The van der Waals surface area contributed by atoms with Crippen LogP contribution in [0.5, 0.6) is 0 Å². The number of hydrogen-bond donors (Lipinski definition) is 3. The maximum absolute atomic E-state index is 13.2. The zero-order valence-corrected chi connectivity index (χ0v) is 25.6. The molecular weight excluding hydrogens is 526 g/mol. The number of Topliss-reactive ketones (excluding diaryl/α,β-unsaturated/α-hetero) is 1. The van der Waals surface area contributed by atoms with Crippen molar-refractivity contribution in [2.75, 3.05) is 20.1 Å². The number of carbonyl (C=O) groups is 5. The number of cyclic esters (lactones) is 1. The van der Waals surface area contributed by atoms with E-state index in [-0.39, 0.29) is 12.2 Å². The second-order valence-corrected chi connectivity index (χ2v) is 11.7. The highest BCUT2D eigenvalue weighted by Gasteiger charge is 2.44. The third-order valence-electron chi connectivity index (χ3n) is 7.33. The zero-order valence-electron chi connectivity index (χ0n) is 25.6. The molecule has 1 rings (SSSR count). The molecule has 232 valence electrons. The van der Waals surface area contributed by atoms with Gasteiger partial charge >= 0.3 is 5.97 Å². The maximum atomic E-state index is 13.2. The molecule has 0 aliphatic carbocycles. The van der Waals surface area contributed by atoms with Gasteiger partial charge in [-0.15, -0.1) is 0 Å². The van der Waals surface area contributed by atoms with Gasteiger partial charge in [0.05, 0.1) is 12.5 Å². The summed E-state index contributed by atoms with van der Waals surface area (Å²) in [5.74, 6) is -4.00. The van der Waals surface area contributed by atoms with Crippen LogP contribution in [0.3, 0.4) is 0 Å². The van der Waals surface area contributed by atoms with Crippen LogP contribution in [0.15, 0.2) is 24.4 Å². The van der Waals surface area contributed by atoms with E-state index < -0.39 is 53.6 Å². The smallest absolute Gasteiger partial charge is 0.325 e. The predicted molar refractivity (Wildman–Crippen MR) is 157 cm³/mol. The predicted octanol–water partition coefficient (Wildman–Crippen LogP) is 3.58. The molecule has 0 unspecified atom stereocenters. The number of carbonyl (C=O) groups excluding carboxylic acids is 5. The SMILES string of the molecule is C=C1/C=C/C(=O)N(C)CC(=O)O[C@@H](CCCCCCCCCCCC(C)C)[C@H](C)C(=O)[C@](C)(O)C(=O)NCC(=O)N1. The monoisotopic (exact) mass is 577 g/mol. The largest absolute Gasteiger partial charge is 0.460 e. The number of likely N-dealkylation sites (N-methyl/N-ethyl adjacent to an activating group) is 1. The summed E-state index contributed by atoms with van der Waals surface area (Å²) in [5.41, 5.74) is -2.37. The van der Waals surface area contributed by atoms with E-state index in [9.17, 15) is 29.1 Å². The molecule has 0 spiro atoms. The number of hydrogen-bond acceptors (Lipinski definition) is 7. The first kappa shape index (κ1) is 36.0. The van der Waals surface area contributed by atoms with E-state index >= 15 is 0 Å². The average molecular weight is 578 g/mol. The maximum Gasteiger partial charge on any atom is 0.325 e. The Kier molecular flexibility index (Phi) is 16.2. The molecule has 0 aromatic rings. The summed E-state index contributed by atoms with van der Waals surface area (Å²) in [5, 5.41) is 15.4. The average Bonchev–Trinajstić information content (AvgIpc) is 2.90. The Hall–Kier alpha value is -3.01. The first-order chi connectivity index (χ1) is 19.2. The molecule has 3 amide bonds. The van der Waals surface area contributed by atoms with E-state index in [4.69, 9.17) is 4.74 Å². The normalized spacial score (nSPS) is 24.6. The fraction of sp³-hybridized carbons (Fsp3) is 0.710. The van der Waals surface area contributed by atoms with Crippen molar-refractivity contribution in [1.29, 1.82) is 0 Å². The molecule has 0 aromatic carbocycles. The zero-order chi connectivity index (χ0) is 31.0. The third-order valence-corrected chi connectivity index (χ3v) is 7.33. The van der Waals surface area contributed by atoms with E-state index in [1.165, 1.54) is 58.6 Å². The van der Waals surface area contributed by atoms with Gasteiger partial charge in [-0.2, -0.15) is 0 Å². The number of nitrogens with zero attached hydrogens (tertiary/aromatic N) is 1. The molecule has 1 aliphatic heterocycles. The van der Waals surface area contributed by atoms with Crippen LogP contribution in [0.1, 0.15) is 98.3 Å². The molecule has 0 fully saturated rings. The lowest BCUT2D eigenvalue weighted by molar-refractivity contribution is -0.162. The minimum atomic E-state index is -2.45. The van der Waals surface area contributed by atoms with Crippen LogP contribution in [0.4, 0.5) is 0 Å². The highest BCUT2D eigenvalue weighted by atomic mass is 16.5. The van der Waals surface area contributed by atoms with Crippen molar-refractivity contribution in [1.82, 2.24) is 15.5 Å². The number of nitrogens with one attached hydrogen (secondary N) is 2. The summed E-state index contributed by atoms with van der Waals surface area (Å²) in [6, 6.07) is 0. The van der Waals surface area contributed by atoms with Gasteiger partial charge in [0.25, 0.3) is 5.91 Å². The highest BCUT2D eigenvalue weighted by Crippen LogP contribution is 2.23. The number of aliphatic hydroxyl groups is 1. The fourth-order valence-electron chi connectivity index (χ4n) is 4.64. The van der Waals surface area contributed by atoms with E-state index in [1.54, 1.807) is 0 Å². The van der Waals surface area contributed by atoms with E-state index in [2.05, 4.69) is 31.1 Å². The van der Waals surface area contributed by atoms with Crippen LogP contribution in [-0.2, 0) is 28.7 Å². The summed E-state index contributed by atoms with van der Waals surface area (Å²) >= 11 is 0. The second kappa shape index (κ2) is 18.4. The highest BCUT2D eigenvalue weighted by molar-refractivity contribution is 6.10. The van der Waals surface area contributed by atoms with Crippen molar-refractivity contribution >= 4 is 29.5 Å². The Bertz CT molecular complexity index is 942. The Morgan fingerprint density at radius 1 is 1.00 bits per heavy atom. The number of ether oxygens (including phenoxy) is 1. The van der Waals surface area contributed by atoms with Crippen LogP contribution in [0, 0.1) is 11.8 Å². The van der Waals surface area contributed by atoms with Gasteiger partial charge in [-0.3, -0.25) is 24.0 Å². The van der Waals surface area contributed by atoms with Gasteiger partial charge in [0.1, 0.15) is 12.6 Å². The van der Waals surface area contributed by atoms with Crippen molar-refractivity contribution in [3.8, 4) is 0 Å². The summed E-state index contributed by atoms with van der Waals surface area (Å²) in [4.78, 5) is 64.3. The lowest BCUT2D eigenvalue weighted by Crippen LogP contribution is -2.55. The topological polar surface area (TPSA) is 142 Å². The third kappa shape index (κ3) is 13.9. The standard InChI is InChI=1S/C31H51N3O7/c1-22(2)16-14-12-10-8-7-9-11-13-15-17-25-24(4)29(38)31(5,40)30(39)32-20-26(35)33-23(3)18-19-27(36)34(6)21-28(37)41-25/h18-19,22,24-25,40H,3,7-17,20-21H2,1-2,4-6H3,(H,32,39)(H,33,35)/b19-18+/t24-,25-,31-/m0/s1. The Morgan fingerprint density at radius 3 is 2.15 bits per heavy atom. The number of amides is 3. The van der Waals surface area contributed by atoms with Gasteiger partial charge in [-0.25, -0.2) is 0 Å². The Morgan fingerprint density at radius 2 is 1.56 bits per heavy atom. The summed E-state index contributed by atoms with van der Waals surface area (Å²) < 4.78 is 5.64. The van der Waals surface area contributed by atoms with Crippen molar-refractivity contribution in [3.05, 3.63) is 24.4 Å². The van der Waals surface area contributed by atoms with E-state index in [0.29, 0.717) is 12.8 Å². The number of rotatable bonds is 12. The first-order valence-electron chi connectivity index (χ1n) is 14.9. The van der Waals surface area contributed by atoms with Crippen molar-refractivity contribution < 1.29 is 33.8 Å². The lowest BCUT2D eigenvalue weighted by Gasteiger charge is -2.29. The molecule has 1 aliphatic rings. The van der Waals surface area contributed by atoms with Crippen LogP contribution < -0.4 is 10.6 Å². The first-order valence-corrected chi connectivity index (χ1v) is 14.9. The van der Waals surface area contributed by atoms with Crippen LogP contribution in [0.2, 0.25) is 0 Å². The number of ketones is 1. The summed E-state index contributed by atoms with van der Waals surface area (Å²) in [6.45, 7) is 9.79. The minimum absolute atomic E-state index is 0.0797. The number of allylic oxidation sites excluding steroid dienone is 1. The van der Waals surface area contributed by atoms with Crippen molar-refractivity contribution in [2.45, 2.75) is 110 Å². The van der Waals surface area contributed by atoms with Gasteiger partial charge in [0.15, 0.2) is 11.4 Å². The van der Waals surface area contributed by atoms with Gasteiger partial charge in [0, 0.05) is 18.8 Å². The minimum Gasteiger partial charge on any atom is -0.460 e. The van der Waals surface area contributed by atoms with Crippen LogP contribution in [0.25, 0.3) is 0 Å². The molecule has 0 aromatic heterocycles. The van der Waals surface area contributed by atoms with Gasteiger partial charge < -0.3 is 25.4 Å². The fourth-order valence-corrected chi connectivity index (χ4v) is 4.64. The van der Waals surface area contributed by atoms with Crippen LogP contribution >= 0.6 is 0 Å². The molecular formula is C31H51N3O7. The molecule has 0 saturated carbocycles. The van der Waals surface area contributed by atoms with Gasteiger partial charge in [-0.05, 0) is 31.8 Å². The summed E-state index contributed by atoms with van der Waals surface area (Å²) in [7, 11) is 1.42. The number of unbranched alkanes of at least 4 members (excludes halogenated alkanes) is 8. The Labute approximate surface area is 245 Å². The van der Waals surface area contributed by atoms with Gasteiger partial charge in [0.2, 0.25) is 11.8 Å². The Balaban J connectivity index is 2.83. The number of esters is 1. The molecule has 0 bridgehead atoms. The second-order valence-electron chi connectivity index (χ2n) is 11.7. The molecule has 3 N–H and O–H groups in total. The van der Waals surface area contributed by atoms with Crippen LogP contribution in [-0.4, -0.2) is 71.3 Å². The summed E-state index contributed by atoms with van der Waals surface area (Å²) in [6.07, 6.45) is 13.1. The molecule has 0 radical (unpaired) electrons. The lowest BCUT2D eigenvalue weighted by atomic mass is 9.85. The molecule has 3 atom stereocenters. The van der Waals surface area contributed by atoms with Crippen molar-refractivity contribution in [3.63, 3.8) is 0 Å².